The Labute approximate surface area is 415 Å². The van der Waals surface area contributed by atoms with Crippen LogP contribution >= 0.6 is 0 Å². The van der Waals surface area contributed by atoms with E-state index in [9.17, 15) is 45.6 Å². The molecule has 0 aromatic heterocycles. The van der Waals surface area contributed by atoms with Crippen LogP contribution in [0, 0.1) is 0 Å². The average molecular weight is 978 g/mol. The fourth-order valence-corrected chi connectivity index (χ4v) is 8.20. The van der Waals surface area contributed by atoms with E-state index in [0.29, 0.717) is 12.8 Å². The van der Waals surface area contributed by atoms with Crippen molar-refractivity contribution in [3.8, 4) is 0 Å². The van der Waals surface area contributed by atoms with Gasteiger partial charge in [0, 0.05) is 6.42 Å². The minimum atomic E-state index is -1.79. The van der Waals surface area contributed by atoms with Gasteiger partial charge in [0.2, 0.25) is 5.91 Å². The van der Waals surface area contributed by atoms with Crippen molar-refractivity contribution in [2.45, 2.75) is 248 Å². The van der Waals surface area contributed by atoms with Gasteiger partial charge in [0.15, 0.2) is 12.6 Å². The summed E-state index contributed by atoms with van der Waals surface area (Å²) in [6, 6.07) is -0.944. The first kappa shape index (κ1) is 62.5. The van der Waals surface area contributed by atoms with Crippen LogP contribution in [0.25, 0.3) is 0 Å². The number of allylic oxidation sites excluding steroid dienone is 11. The van der Waals surface area contributed by atoms with Crippen molar-refractivity contribution in [1.29, 1.82) is 0 Å². The molecule has 0 radical (unpaired) electrons. The molecule has 0 saturated carbocycles. The lowest BCUT2D eigenvalue weighted by atomic mass is 9.97. The summed E-state index contributed by atoms with van der Waals surface area (Å²) in [6.07, 6.45) is 35.2. The normalized spacial score (nSPS) is 26.8. The van der Waals surface area contributed by atoms with Crippen LogP contribution in [0.15, 0.2) is 72.9 Å². The van der Waals surface area contributed by atoms with E-state index in [1.807, 2.05) is 6.08 Å². The summed E-state index contributed by atoms with van der Waals surface area (Å²) in [7, 11) is 0. The third kappa shape index (κ3) is 27.7. The van der Waals surface area contributed by atoms with E-state index in [2.05, 4.69) is 79.9 Å². The predicted octanol–water partition coefficient (Wildman–Crippen LogP) is 7.60. The van der Waals surface area contributed by atoms with Gasteiger partial charge in [-0.1, -0.05) is 164 Å². The molecular formula is C55H95NO13. The molecule has 2 aliphatic rings. The monoisotopic (exact) mass is 978 g/mol. The molecule has 0 aromatic carbocycles. The molecular weight excluding hydrogens is 883 g/mol. The second-order valence-electron chi connectivity index (χ2n) is 18.6. The highest BCUT2D eigenvalue weighted by molar-refractivity contribution is 5.76. The number of hydrogen-bond acceptors (Lipinski definition) is 13. The SMILES string of the molecule is CCCC/C=C/CC/C=C/CC/C=C/C(O)C(COC1OC(CO)C(OC2OC(CO)C(O)C(O)C2O)C(O)C1O)NC(=O)CCCCCCCCCC/C=C\C/C=C\C/C=C\CCCCCCC. The molecule has 0 bridgehead atoms. The van der Waals surface area contributed by atoms with E-state index >= 15 is 0 Å². The number of unbranched alkanes of at least 4 members (excludes halogenated alkanes) is 17. The summed E-state index contributed by atoms with van der Waals surface area (Å²) in [6.45, 7) is 2.67. The van der Waals surface area contributed by atoms with Crippen molar-refractivity contribution in [2.75, 3.05) is 19.8 Å². The van der Waals surface area contributed by atoms with Crippen molar-refractivity contribution in [1.82, 2.24) is 5.32 Å². The first-order valence-corrected chi connectivity index (χ1v) is 26.7. The topological polar surface area (TPSA) is 228 Å². The zero-order chi connectivity index (χ0) is 50.3. The molecule has 12 atom stereocenters. The van der Waals surface area contributed by atoms with Crippen LogP contribution in [0.1, 0.15) is 174 Å². The summed E-state index contributed by atoms with van der Waals surface area (Å²) < 4.78 is 22.7. The smallest absolute Gasteiger partial charge is 0.220 e. The summed E-state index contributed by atoms with van der Waals surface area (Å²) in [4.78, 5) is 13.2. The van der Waals surface area contributed by atoms with Crippen LogP contribution in [0.4, 0.5) is 0 Å². The maximum Gasteiger partial charge on any atom is 0.220 e. The largest absolute Gasteiger partial charge is 0.394 e. The lowest BCUT2D eigenvalue weighted by molar-refractivity contribution is -0.359. The summed E-state index contributed by atoms with van der Waals surface area (Å²) >= 11 is 0. The first-order valence-electron chi connectivity index (χ1n) is 26.7. The number of aliphatic hydroxyl groups excluding tert-OH is 8. The number of rotatable bonds is 40. The fraction of sp³-hybridized carbons (Fsp3) is 0.764. The van der Waals surface area contributed by atoms with Crippen LogP contribution in [0.3, 0.4) is 0 Å². The lowest BCUT2D eigenvalue weighted by Gasteiger charge is -2.46. The molecule has 0 aromatic rings. The third-order valence-corrected chi connectivity index (χ3v) is 12.6. The van der Waals surface area contributed by atoms with Crippen molar-refractivity contribution >= 4 is 5.91 Å². The molecule has 14 heteroatoms. The van der Waals surface area contributed by atoms with Crippen molar-refractivity contribution < 1.29 is 64.6 Å². The second-order valence-corrected chi connectivity index (χ2v) is 18.6. The van der Waals surface area contributed by atoms with Gasteiger partial charge >= 0.3 is 0 Å². The van der Waals surface area contributed by atoms with E-state index in [1.165, 1.54) is 70.6 Å². The predicted molar refractivity (Wildman–Crippen MR) is 272 cm³/mol. The van der Waals surface area contributed by atoms with Crippen molar-refractivity contribution in [3.05, 3.63) is 72.9 Å². The van der Waals surface area contributed by atoms with Crippen LogP contribution in [0.5, 0.6) is 0 Å². The van der Waals surface area contributed by atoms with Crippen LogP contribution in [-0.4, -0.2) is 140 Å². The molecule has 398 valence electrons. The molecule has 0 spiro atoms. The molecule has 2 rings (SSSR count). The molecule has 14 nitrogen and oxygen atoms in total. The first-order chi connectivity index (χ1) is 33.6. The third-order valence-electron chi connectivity index (χ3n) is 12.6. The number of carbonyl (C=O) groups excluding carboxylic acids is 1. The highest BCUT2D eigenvalue weighted by atomic mass is 16.7. The Morgan fingerprint density at radius 3 is 1.57 bits per heavy atom. The van der Waals surface area contributed by atoms with Crippen LogP contribution < -0.4 is 5.32 Å². The number of nitrogens with one attached hydrogen (secondary N) is 1. The maximum atomic E-state index is 13.2. The Bertz CT molecular complexity index is 1430. The molecule has 9 N–H and O–H groups in total. The average Bonchev–Trinajstić information content (AvgIpc) is 3.35. The molecule has 1 amide bonds. The fourth-order valence-electron chi connectivity index (χ4n) is 8.20. The van der Waals surface area contributed by atoms with E-state index in [-0.39, 0.29) is 18.9 Å². The van der Waals surface area contributed by atoms with Gasteiger partial charge in [-0.05, 0) is 77.0 Å². The standard InChI is InChI=1S/C55H95NO13/c1-3-5-7-9-11-13-15-17-18-19-20-21-22-23-24-25-26-27-29-31-33-35-37-39-47(60)56-43(44(59)38-36-34-32-30-28-16-14-12-10-8-6-4-2)42-66-54-52(65)50(63)53(46(41-58)68-54)69-55-51(64)49(62)48(61)45(40-57)67-55/h10,12,15,17,19-20,22-23,28,30,36,38,43-46,48-55,57-59,61-65H,3-9,11,13-14,16,18,21,24-27,29,31-35,37,39-42H2,1-2H3,(H,56,60)/b12-10+,17-15-,20-19-,23-22-,30-28+,38-36+. The van der Waals surface area contributed by atoms with Crippen molar-refractivity contribution in [2.24, 2.45) is 0 Å². The van der Waals surface area contributed by atoms with E-state index in [0.717, 1.165) is 70.6 Å². The van der Waals surface area contributed by atoms with Gasteiger partial charge in [0.25, 0.3) is 0 Å². The molecule has 2 aliphatic heterocycles. The Morgan fingerprint density at radius 1 is 0.522 bits per heavy atom. The van der Waals surface area contributed by atoms with Gasteiger partial charge in [0.1, 0.15) is 48.8 Å². The Morgan fingerprint density at radius 2 is 0.986 bits per heavy atom. The molecule has 0 aliphatic carbocycles. The Hall–Kier alpha value is -2.57. The lowest BCUT2D eigenvalue weighted by Crippen LogP contribution is -2.65. The molecule has 2 heterocycles. The highest BCUT2D eigenvalue weighted by Gasteiger charge is 2.51. The Balaban J connectivity index is 1.80. The van der Waals surface area contributed by atoms with E-state index in [4.69, 9.17) is 18.9 Å². The van der Waals surface area contributed by atoms with Gasteiger partial charge in [-0.15, -0.1) is 0 Å². The highest BCUT2D eigenvalue weighted by Crippen LogP contribution is 2.30. The van der Waals surface area contributed by atoms with Gasteiger partial charge in [-0.25, -0.2) is 0 Å². The minimum Gasteiger partial charge on any atom is -0.394 e. The van der Waals surface area contributed by atoms with Gasteiger partial charge < -0.3 is 65.1 Å². The zero-order valence-electron chi connectivity index (χ0n) is 42.3. The summed E-state index contributed by atoms with van der Waals surface area (Å²) in [5.74, 6) is -0.266. The van der Waals surface area contributed by atoms with E-state index < -0.39 is 86.8 Å². The number of aliphatic hydroxyl groups is 8. The maximum absolute atomic E-state index is 13.2. The molecule has 2 fully saturated rings. The van der Waals surface area contributed by atoms with Crippen LogP contribution in [0.2, 0.25) is 0 Å². The number of carbonyl (C=O) groups is 1. The van der Waals surface area contributed by atoms with Gasteiger partial charge in [-0.2, -0.15) is 0 Å². The van der Waals surface area contributed by atoms with Crippen LogP contribution in [-0.2, 0) is 23.7 Å². The second kappa shape index (κ2) is 41.0. The quantitative estimate of drug-likeness (QED) is 0.0213. The summed E-state index contributed by atoms with van der Waals surface area (Å²) in [5.41, 5.74) is 0. The van der Waals surface area contributed by atoms with E-state index in [1.54, 1.807) is 6.08 Å². The minimum absolute atomic E-state index is 0.258. The number of amides is 1. The zero-order valence-corrected chi connectivity index (χ0v) is 42.3. The Kier molecular flexibility index (Phi) is 37.1. The molecule has 69 heavy (non-hydrogen) atoms. The number of ether oxygens (including phenoxy) is 4. The molecule has 12 unspecified atom stereocenters. The van der Waals surface area contributed by atoms with Gasteiger partial charge in [0.05, 0.1) is 32.0 Å². The summed E-state index contributed by atoms with van der Waals surface area (Å²) in [5, 5.41) is 86.7. The number of hydrogen-bond donors (Lipinski definition) is 9. The molecule has 2 saturated heterocycles. The van der Waals surface area contributed by atoms with Gasteiger partial charge in [-0.3, -0.25) is 4.79 Å². The van der Waals surface area contributed by atoms with Crippen molar-refractivity contribution in [3.63, 3.8) is 0 Å².